The number of fused-ring (bicyclic) bond motifs is 1. The zero-order valence-corrected chi connectivity index (χ0v) is 41.2. The molecule has 9 heteroatoms. The number of aldehydes is 1. The SMILES string of the molecule is CCCC(N)c1ccccc1.CCCC(O)c1ccccc1.CCCC(c1ccccc1)n1c(C)nc2ccc(N(C)c3ccc(F)cc3)cc2c1=O.CCCI.O=Cc1ccccc1. The summed E-state index contributed by atoms with van der Waals surface area (Å²) < 4.78 is 16.4. The van der Waals surface area contributed by atoms with Crippen LogP contribution in [0, 0.1) is 12.7 Å². The number of nitrogens with two attached hydrogens (primary N) is 1. The van der Waals surface area contributed by atoms with Crippen LogP contribution in [0.15, 0.2) is 169 Å². The number of aryl methyl sites for hydroxylation is 1. The first kappa shape index (κ1) is 53.8. The molecule has 3 atom stereocenters. The van der Waals surface area contributed by atoms with Gasteiger partial charge in [0.25, 0.3) is 5.56 Å². The highest BCUT2D eigenvalue weighted by molar-refractivity contribution is 14.1. The monoisotopic (exact) mass is 990 g/mol. The van der Waals surface area contributed by atoms with E-state index in [4.69, 9.17) is 10.7 Å². The van der Waals surface area contributed by atoms with Crippen LogP contribution in [0.25, 0.3) is 10.9 Å². The molecule has 0 amide bonds. The Hall–Kier alpha value is -5.49. The molecule has 3 N–H and O–H groups in total. The van der Waals surface area contributed by atoms with Crippen molar-refractivity contribution in [3.63, 3.8) is 0 Å². The molecule has 6 aromatic carbocycles. The van der Waals surface area contributed by atoms with Crippen molar-refractivity contribution >= 4 is 51.2 Å². The summed E-state index contributed by atoms with van der Waals surface area (Å²) in [6.07, 6.45) is 7.77. The van der Waals surface area contributed by atoms with E-state index in [1.165, 1.54) is 28.5 Å². The van der Waals surface area contributed by atoms with Gasteiger partial charge >= 0.3 is 0 Å². The zero-order chi connectivity index (χ0) is 47.4. The number of hydrogen-bond acceptors (Lipinski definition) is 6. The molecule has 0 saturated carbocycles. The Labute approximate surface area is 400 Å². The minimum absolute atomic E-state index is 0.0424. The molecule has 0 aliphatic carbocycles. The molecule has 0 aliphatic rings. The van der Waals surface area contributed by atoms with Crippen LogP contribution in [0.4, 0.5) is 15.8 Å². The van der Waals surface area contributed by atoms with Crippen LogP contribution in [0.1, 0.15) is 124 Å². The Morgan fingerprint density at radius 1 is 0.677 bits per heavy atom. The standard InChI is InChI=1S/C26H26FN3O.C10H15N.C10H14O.C7H6O.C3H7I/c1-4-8-25(19-9-6-5-7-10-19)30-18(2)28-24-16-15-22(17-23(24)26(30)31)29(3)21-13-11-20(27)12-14-21;2*1-2-6-10(11)9-7-4-3-5-8-9;8-6-7-4-2-1-3-5-7;1-2-3-4/h5-7,9-17,25H,4,8H2,1-3H3;3-5,7-8,10H,2,6,11H2,1H3;3-5,7-8,10-11H,2,6H2,1H3;1-6H;2-3H2,1H3. The second kappa shape index (κ2) is 30.6. The maximum Gasteiger partial charge on any atom is 0.262 e. The average Bonchev–Trinajstić information content (AvgIpc) is 3.35. The summed E-state index contributed by atoms with van der Waals surface area (Å²) in [6.45, 7) is 10.4. The Bertz CT molecular complexity index is 2350. The van der Waals surface area contributed by atoms with Crippen LogP contribution in [-0.2, 0) is 0 Å². The molecule has 0 spiro atoms. The number of aliphatic hydroxyl groups is 1. The summed E-state index contributed by atoms with van der Waals surface area (Å²) in [5, 5.41) is 10.1. The van der Waals surface area contributed by atoms with Crippen molar-refractivity contribution in [3.05, 3.63) is 208 Å². The second-order valence-electron chi connectivity index (χ2n) is 15.5. The van der Waals surface area contributed by atoms with E-state index in [0.717, 1.165) is 72.9 Å². The topological polar surface area (TPSA) is 101 Å². The molecule has 0 radical (unpaired) electrons. The van der Waals surface area contributed by atoms with E-state index in [1.54, 1.807) is 24.3 Å². The first-order chi connectivity index (χ1) is 31.5. The Morgan fingerprint density at radius 2 is 1.15 bits per heavy atom. The number of carbonyl (C=O) groups is 1. The van der Waals surface area contributed by atoms with E-state index >= 15 is 0 Å². The maximum absolute atomic E-state index is 13.6. The first-order valence-corrected chi connectivity index (χ1v) is 24.2. The number of aliphatic hydroxyl groups excluding tert-OH is 1. The fraction of sp³-hybridized carbons (Fsp3) is 0.304. The summed E-state index contributed by atoms with van der Waals surface area (Å²) in [4.78, 5) is 30.3. The molecule has 0 saturated heterocycles. The van der Waals surface area contributed by atoms with Crippen molar-refractivity contribution < 1.29 is 14.3 Å². The van der Waals surface area contributed by atoms with Gasteiger partial charge in [0.05, 0.1) is 23.0 Å². The molecule has 65 heavy (non-hydrogen) atoms. The lowest BCUT2D eigenvalue weighted by Crippen LogP contribution is -2.29. The number of hydrogen-bond donors (Lipinski definition) is 2. The largest absolute Gasteiger partial charge is 0.388 e. The third kappa shape index (κ3) is 18.1. The van der Waals surface area contributed by atoms with Crippen LogP contribution in [-0.4, -0.2) is 32.4 Å². The summed E-state index contributed by atoms with van der Waals surface area (Å²) in [7, 11) is 1.90. The zero-order valence-electron chi connectivity index (χ0n) is 39.0. The lowest BCUT2D eigenvalue weighted by atomic mass is 10.0. The quantitative estimate of drug-likeness (QED) is 0.0639. The number of nitrogens with zero attached hydrogens (tertiary/aromatic N) is 3. The van der Waals surface area contributed by atoms with E-state index in [-0.39, 0.29) is 29.6 Å². The van der Waals surface area contributed by atoms with Gasteiger partial charge in [0, 0.05) is 30.0 Å². The van der Waals surface area contributed by atoms with Gasteiger partial charge in [0.2, 0.25) is 0 Å². The number of halogens is 2. The average molecular weight is 991 g/mol. The van der Waals surface area contributed by atoms with E-state index < -0.39 is 0 Å². The molecule has 0 fully saturated rings. The number of rotatable bonds is 14. The number of benzene rings is 6. The fourth-order valence-corrected chi connectivity index (χ4v) is 6.91. The highest BCUT2D eigenvalue weighted by Crippen LogP contribution is 2.28. The van der Waals surface area contributed by atoms with E-state index in [0.29, 0.717) is 16.7 Å². The van der Waals surface area contributed by atoms with Crippen LogP contribution in [0.3, 0.4) is 0 Å². The van der Waals surface area contributed by atoms with Crippen molar-refractivity contribution in [2.75, 3.05) is 16.4 Å². The predicted molar refractivity (Wildman–Crippen MR) is 280 cm³/mol. The first-order valence-electron chi connectivity index (χ1n) is 22.7. The van der Waals surface area contributed by atoms with Crippen LogP contribution >= 0.6 is 22.6 Å². The lowest BCUT2D eigenvalue weighted by molar-refractivity contribution is 0.112. The molecule has 7 rings (SSSR count). The molecule has 1 aromatic heterocycles. The Kier molecular flexibility index (Phi) is 25.4. The van der Waals surface area contributed by atoms with Gasteiger partial charge in [-0.25, -0.2) is 9.37 Å². The molecular formula is C56H68FIN4O3. The van der Waals surface area contributed by atoms with Gasteiger partial charge in [0.1, 0.15) is 17.9 Å². The van der Waals surface area contributed by atoms with Crippen LogP contribution in [0.5, 0.6) is 0 Å². The van der Waals surface area contributed by atoms with Crippen molar-refractivity contribution in [2.24, 2.45) is 5.73 Å². The molecule has 7 nitrogen and oxygen atoms in total. The third-order valence-electron chi connectivity index (χ3n) is 10.4. The molecule has 0 bridgehead atoms. The van der Waals surface area contributed by atoms with Gasteiger partial charge in [-0.3, -0.25) is 14.2 Å². The van der Waals surface area contributed by atoms with E-state index in [9.17, 15) is 19.1 Å². The number of carbonyl (C=O) groups excluding carboxylic acids is 1. The second-order valence-corrected chi connectivity index (χ2v) is 16.6. The van der Waals surface area contributed by atoms with Gasteiger partial charge in [-0.1, -0.05) is 191 Å². The van der Waals surface area contributed by atoms with Crippen molar-refractivity contribution in [3.8, 4) is 0 Å². The van der Waals surface area contributed by atoms with Gasteiger partial charge in [-0.05, 0) is 96.2 Å². The number of anilines is 2. The lowest BCUT2D eigenvalue weighted by Gasteiger charge is -2.23. The van der Waals surface area contributed by atoms with Crippen molar-refractivity contribution in [2.45, 2.75) is 97.8 Å². The summed E-state index contributed by atoms with van der Waals surface area (Å²) in [5.74, 6) is 0.431. The highest BCUT2D eigenvalue weighted by atomic mass is 127. The molecule has 0 aliphatic heterocycles. The molecular weight excluding hydrogens is 923 g/mol. The van der Waals surface area contributed by atoms with E-state index in [2.05, 4.69) is 74.6 Å². The third-order valence-corrected chi connectivity index (χ3v) is 11.5. The van der Waals surface area contributed by atoms with Gasteiger partial charge < -0.3 is 15.7 Å². The van der Waals surface area contributed by atoms with Crippen molar-refractivity contribution in [1.82, 2.24) is 9.55 Å². The summed E-state index contributed by atoms with van der Waals surface area (Å²) in [6, 6.07) is 51.4. The fourth-order valence-electron chi connectivity index (χ4n) is 6.91. The number of alkyl halides is 1. The summed E-state index contributed by atoms with van der Waals surface area (Å²) in [5.41, 5.74) is 12.3. The maximum atomic E-state index is 13.6. The van der Waals surface area contributed by atoms with Gasteiger partial charge in [-0.15, -0.1) is 0 Å². The van der Waals surface area contributed by atoms with Crippen LogP contribution in [0.2, 0.25) is 0 Å². The normalized spacial score (nSPS) is 11.7. The smallest absolute Gasteiger partial charge is 0.262 e. The molecule has 1 heterocycles. The van der Waals surface area contributed by atoms with Gasteiger partial charge in [-0.2, -0.15) is 0 Å². The van der Waals surface area contributed by atoms with Gasteiger partial charge in [0.15, 0.2) is 0 Å². The highest BCUT2D eigenvalue weighted by Gasteiger charge is 2.19. The number of aromatic nitrogens is 2. The van der Waals surface area contributed by atoms with Crippen LogP contribution < -0.4 is 16.2 Å². The minimum Gasteiger partial charge on any atom is -0.388 e. The Morgan fingerprint density at radius 3 is 1.63 bits per heavy atom. The van der Waals surface area contributed by atoms with E-state index in [1.807, 2.05) is 127 Å². The minimum atomic E-state index is -0.277. The molecule has 344 valence electrons. The molecule has 7 aromatic rings. The summed E-state index contributed by atoms with van der Waals surface area (Å²) >= 11 is 2.35. The molecule has 3 unspecified atom stereocenters. The predicted octanol–water partition coefficient (Wildman–Crippen LogP) is 14.3. The Balaban J connectivity index is 0.000000267. The van der Waals surface area contributed by atoms with Crippen molar-refractivity contribution in [1.29, 1.82) is 0 Å².